The molecular formula is C68H44N2. The Kier molecular flexibility index (Phi) is 8.24. The molecule has 15 rings (SSSR count). The molecule has 0 unspecified atom stereocenters. The number of nitrogens with zero attached hydrogens (tertiary/aromatic N) is 2. The van der Waals surface area contributed by atoms with E-state index in [1.807, 2.05) is 0 Å². The molecular weight excluding hydrogens is 845 g/mol. The van der Waals surface area contributed by atoms with Gasteiger partial charge in [-0.2, -0.15) is 0 Å². The van der Waals surface area contributed by atoms with E-state index in [-0.39, 0.29) is 0 Å². The van der Waals surface area contributed by atoms with Gasteiger partial charge in [-0.05, 0) is 126 Å². The van der Waals surface area contributed by atoms with Gasteiger partial charge in [0, 0.05) is 27.8 Å². The van der Waals surface area contributed by atoms with E-state index in [9.17, 15) is 0 Å². The van der Waals surface area contributed by atoms with Crippen molar-refractivity contribution in [1.82, 2.24) is 4.57 Å². The van der Waals surface area contributed by atoms with Crippen molar-refractivity contribution >= 4 is 38.9 Å². The number of hydrogen-bond donors (Lipinski definition) is 0. The largest absolute Gasteiger partial charge is 0.310 e. The van der Waals surface area contributed by atoms with Crippen LogP contribution in [0, 0.1) is 0 Å². The summed E-state index contributed by atoms with van der Waals surface area (Å²) in [7, 11) is 0. The Balaban J connectivity index is 1.05. The maximum Gasteiger partial charge on any atom is 0.0755 e. The third kappa shape index (κ3) is 5.12. The first-order valence-electron chi connectivity index (χ1n) is 24.4. The van der Waals surface area contributed by atoms with Crippen LogP contribution in [0.3, 0.4) is 0 Å². The Hall–Kier alpha value is -8.98. The summed E-state index contributed by atoms with van der Waals surface area (Å²) in [4.78, 5) is 2.51. The second-order valence-electron chi connectivity index (χ2n) is 19.1. The third-order valence-electron chi connectivity index (χ3n) is 15.8. The number of aromatic nitrogens is 1. The minimum absolute atomic E-state index is 0.552. The van der Waals surface area contributed by atoms with Crippen molar-refractivity contribution in [1.29, 1.82) is 0 Å². The lowest BCUT2D eigenvalue weighted by atomic mass is 9.65. The minimum atomic E-state index is -0.588. The van der Waals surface area contributed by atoms with Gasteiger partial charge < -0.3 is 9.47 Å². The normalized spacial score (nSPS) is 13.9. The van der Waals surface area contributed by atoms with Crippen LogP contribution in [0.25, 0.3) is 60.9 Å². The van der Waals surface area contributed by atoms with Gasteiger partial charge in [-0.3, -0.25) is 0 Å². The lowest BCUT2D eigenvalue weighted by Crippen LogP contribution is -2.33. The summed E-state index contributed by atoms with van der Waals surface area (Å²) in [6.45, 7) is 0. The second-order valence-corrected chi connectivity index (χ2v) is 19.1. The summed E-state index contributed by atoms with van der Waals surface area (Å²) in [6, 6.07) is 99.9. The molecule has 0 N–H and O–H groups in total. The fraction of sp³-hybridized carbons (Fsp3) is 0.0294. The minimum Gasteiger partial charge on any atom is -0.310 e. The maximum absolute atomic E-state index is 2.55. The summed E-state index contributed by atoms with van der Waals surface area (Å²) in [5.74, 6) is 0. The Labute approximate surface area is 407 Å². The Morgan fingerprint density at radius 1 is 0.286 bits per heavy atom. The van der Waals surface area contributed by atoms with Crippen molar-refractivity contribution in [3.8, 4) is 39.1 Å². The van der Waals surface area contributed by atoms with Gasteiger partial charge >= 0.3 is 0 Å². The standard InChI is InChI=1S/C68H44N2/c1-4-20-45(21-5-1)46-22-18-27-49(42-46)69(50-38-40-55-54-30-10-14-33-58(54)67(62(55)43-50,47-23-6-2-7-24-47)48-25-8-3-9-26-48)51-39-41-65-63(44-51)68(59-34-15-11-28-52(59)53-29-12-16-35-60(53)68)61-36-19-32-57-56-31-13-17-37-64(56)70(65)66(57)61/h1-44H. The zero-order valence-electron chi connectivity index (χ0n) is 38.3. The lowest BCUT2D eigenvalue weighted by Gasteiger charge is -2.40. The smallest absolute Gasteiger partial charge is 0.0755 e. The van der Waals surface area contributed by atoms with Crippen LogP contribution in [-0.4, -0.2) is 4.57 Å². The summed E-state index contributed by atoms with van der Waals surface area (Å²) in [5, 5.41) is 2.55. The zero-order valence-corrected chi connectivity index (χ0v) is 38.3. The van der Waals surface area contributed by atoms with Crippen molar-refractivity contribution in [2.75, 3.05) is 4.90 Å². The molecule has 3 aliphatic rings. The molecule has 1 aliphatic heterocycles. The molecule has 326 valence electrons. The first kappa shape index (κ1) is 39.1. The fourth-order valence-electron chi connectivity index (χ4n) is 13.2. The molecule has 2 nitrogen and oxygen atoms in total. The number of anilines is 3. The van der Waals surface area contributed by atoms with E-state index in [0.29, 0.717) is 0 Å². The molecule has 0 saturated heterocycles. The van der Waals surface area contributed by atoms with Crippen molar-refractivity contribution in [2.45, 2.75) is 10.8 Å². The monoisotopic (exact) mass is 888 g/mol. The van der Waals surface area contributed by atoms with Gasteiger partial charge in [0.15, 0.2) is 0 Å². The van der Waals surface area contributed by atoms with Gasteiger partial charge in [0.25, 0.3) is 0 Å². The lowest BCUT2D eigenvalue weighted by molar-refractivity contribution is 0.748. The average Bonchev–Trinajstić information content (AvgIpc) is 4.05. The van der Waals surface area contributed by atoms with Gasteiger partial charge in [0.2, 0.25) is 0 Å². The molecule has 0 bridgehead atoms. The highest BCUT2D eigenvalue weighted by atomic mass is 15.1. The van der Waals surface area contributed by atoms with Crippen LogP contribution in [0.2, 0.25) is 0 Å². The highest BCUT2D eigenvalue weighted by Crippen LogP contribution is 2.62. The topological polar surface area (TPSA) is 8.17 Å². The molecule has 0 fully saturated rings. The fourth-order valence-corrected chi connectivity index (χ4v) is 13.2. The predicted molar refractivity (Wildman–Crippen MR) is 289 cm³/mol. The van der Waals surface area contributed by atoms with E-state index in [0.717, 1.165) is 17.1 Å². The summed E-state index contributed by atoms with van der Waals surface area (Å²) >= 11 is 0. The number of fused-ring (bicyclic) bond motifs is 15. The SMILES string of the molecule is c1ccc(-c2cccc(N(c3ccc4c(c3)C(c3ccccc3)(c3ccccc3)c3ccccc3-4)c3ccc4c(c3)C3(c5ccccc5-c5ccccc53)c3cccc5c6ccccc6n-4c35)c2)cc1. The Morgan fingerprint density at radius 3 is 1.43 bits per heavy atom. The number of para-hydroxylation sites is 2. The Bertz CT molecular complexity index is 3980. The predicted octanol–water partition coefficient (Wildman–Crippen LogP) is 17.0. The summed E-state index contributed by atoms with van der Waals surface area (Å²) < 4.78 is 2.55. The van der Waals surface area contributed by atoms with Crippen LogP contribution in [0.5, 0.6) is 0 Å². The van der Waals surface area contributed by atoms with Crippen LogP contribution in [0.1, 0.15) is 44.5 Å². The second kappa shape index (κ2) is 14.8. The van der Waals surface area contributed by atoms with Gasteiger partial charge in [0.05, 0.1) is 27.6 Å². The van der Waals surface area contributed by atoms with E-state index in [1.54, 1.807) is 0 Å². The Morgan fingerprint density at radius 2 is 0.757 bits per heavy atom. The van der Waals surface area contributed by atoms with E-state index in [1.165, 1.54) is 105 Å². The van der Waals surface area contributed by atoms with E-state index >= 15 is 0 Å². The van der Waals surface area contributed by atoms with Crippen molar-refractivity contribution in [3.63, 3.8) is 0 Å². The van der Waals surface area contributed by atoms with E-state index in [2.05, 4.69) is 276 Å². The van der Waals surface area contributed by atoms with Crippen LogP contribution < -0.4 is 4.90 Å². The first-order valence-corrected chi connectivity index (χ1v) is 24.4. The van der Waals surface area contributed by atoms with E-state index in [4.69, 9.17) is 0 Å². The molecule has 2 heteroatoms. The molecule has 1 aromatic heterocycles. The van der Waals surface area contributed by atoms with Gasteiger partial charge in [-0.25, -0.2) is 0 Å². The van der Waals surface area contributed by atoms with Crippen LogP contribution >= 0.6 is 0 Å². The molecule has 0 atom stereocenters. The van der Waals surface area contributed by atoms with Gasteiger partial charge in [-0.15, -0.1) is 0 Å². The average molecular weight is 889 g/mol. The third-order valence-corrected chi connectivity index (χ3v) is 15.8. The van der Waals surface area contributed by atoms with Gasteiger partial charge in [0.1, 0.15) is 0 Å². The molecule has 11 aromatic carbocycles. The van der Waals surface area contributed by atoms with Crippen LogP contribution in [-0.2, 0) is 10.8 Å². The maximum atomic E-state index is 2.55. The highest BCUT2D eigenvalue weighted by Gasteiger charge is 2.51. The number of hydrogen-bond acceptors (Lipinski definition) is 1. The van der Waals surface area contributed by atoms with Crippen LogP contribution in [0.4, 0.5) is 17.1 Å². The molecule has 0 amide bonds. The summed E-state index contributed by atoms with van der Waals surface area (Å²) in [6.07, 6.45) is 0. The van der Waals surface area contributed by atoms with Gasteiger partial charge in [-0.1, -0.05) is 218 Å². The molecule has 1 spiro atoms. The van der Waals surface area contributed by atoms with Crippen molar-refractivity contribution in [3.05, 3.63) is 311 Å². The first-order chi connectivity index (χ1) is 34.7. The molecule has 0 saturated carbocycles. The molecule has 12 aromatic rings. The van der Waals surface area contributed by atoms with E-state index < -0.39 is 10.8 Å². The zero-order chi connectivity index (χ0) is 46.0. The van der Waals surface area contributed by atoms with Crippen LogP contribution in [0.15, 0.2) is 267 Å². The van der Waals surface area contributed by atoms with Crippen molar-refractivity contribution < 1.29 is 0 Å². The van der Waals surface area contributed by atoms with Crippen molar-refractivity contribution in [2.24, 2.45) is 0 Å². The number of rotatable bonds is 6. The molecule has 70 heavy (non-hydrogen) atoms. The number of benzene rings is 11. The molecule has 2 heterocycles. The molecule has 0 radical (unpaired) electrons. The molecule has 2 aliphatic carbocycles. The summed E-state index contributed by atoms with van der Waals surface area (Å²) in [5.41, 5.74) is 23.6. The quantitative estimate of drug-likeness (QED) is 0.161. The highest BCUT2D eigenvalue weighted by molar-refractivity contribution is 6.13.